The molecule has 2 heteroatoms. The third-order valence-corrected chi connectivity index (χ3v) is 9.43. The summed E-state index contributed by atoms with van der Waals surface area (Å²) in [4.78, 5) is 0. The van der Waals surface area contributed by atoms with Crippen LogP contribution < -0.4 is 10.6 Å². The van der Waals surface area contributed by atoms with Gasteiger partial charge in [0.25, 0.3) is 0 Å². The zero-order chi connectivity index (χ0) is 31.8. The molecular weight excluding hydrogens is 569 g/mol. The maximum atomic E-state index is 3.66. The van der Waals surface area contributed by atoms with Crippen LogP contribution in [0.3, 0.4) is 0 Å². The van der Waals surface area contributed by atoms with Gasteiger partial charge >= 0.3 is 0 Å². The van der Waals surface area contributed by atoms with E-state index in [1.807, 2.05) is 0 Å². The van der Waals surface area contributed by atoms with Crippen LogP contribution in [0, 0.1) is 0 Å². The van der Waals surface area contributed by atoms with E-state index in [0.29, 0.717) is 0 Å². The monoisotopic (exact) mass is 604 g/mol. The van der Waals surface area contributed by atoms with Crippen LogP contribution in [0.25, 0.3) is 44.5 Å². The summed E-state index contributed by atoms with van der Waals surface area (Å²) in [6, 6.07) is 60.8. The van der Waals surface area contributed by atoms with Crippen LogP contribution >= 0.6 is 0 Å². The Morgan fingerprint density at radius 3 is 1.15 bits per heavy atom. The minimum Gasteiger partial charge on any atom is -0.356 e. The van der Waals surface area contributed by atoms with Crippen LogP contribution in [-0.2, 0) is 5.41 Å². The Morgan fingerprint density at radius 1 is 0.319 bits per heavy atom. The highest BCUT2D eigenvalue weighted by molar-refractivity contribution is 5.85. The molecule has 0 amide bonds. The zero-order valence-electron chi connectivity index (χ0n) is 26.7. The summed E-state index contributed by atoms with van der Waals surface area (Å²) in [6.07, 6.45) is 0. The largest absolute Gasteiger partial charge is 0.356 e. The zero-order valence-corrected chi connectivity index (χ0v) is 26.7. The molecule has 0 aliphatic heterocycles. The molecule has 0 heterocycles. The van der Waals surface area contributed by atoms with Crippen molar-refractivity contribution in [1.29, 1.82) is 0 Å². The van der Waals surface area contributed by atoms with Crippen molar-refractivity contribution in [3.63, 3.8) is 0 Å². The van der Waals surface area contributed by atoms with E-state index in [4.69, 9.17) is 0 Å². The molecule has 0 bridgehead atoms. The van der Waals surface area contributed by atoms with Crippen LogP contribution in [0.5, 0.6) is 0 Å². The van der Waals surface area contributed by atoms with Gasteiger partial charge in [0, 0.05) is 28.2 Å². The Labute approximate surface area is 277 Å². The van der Waals surface area contributed by atoms with Crippen molar-refractivity contribution in [2.24, 2.45) is 0 Å². The predicted octanol–water partition coefficient (Wildman–Crippen LogP) is 12.5. The maximum absolute atomic E-state index is 3.66. The molecule has 2 nitrogen and oxygen atoms in total. The molecule has 0 atom stereocenters. The lowest BCUT2D eigenvalue weighted by atomic mass is 9.82. The fraction of sp³-hybridized carbons (Fsp3) is 0.0667. The normalized spacial score (nSPS) is 12.6. The van der Waals surface area contributed by atoms with E-state index in [1.54, 1.807) is 0 Å². The highest BCUT2D eigenvalue weighted by atomic mass is 14.9. The van der Waals surface area contributed by atoms with Gasteiger partial charge in [-0.3, -0.25) is 0 Å². The molecule has 0 radical (unpaired) electrons. The van der Waals surface area contributed by atoms with Crippen LogP contribution in [0.15, 0.2) is 170 Å². The quantitative estimate of drug-likeness (QED) is 0.189. The van der Waals surface area contributed by atoms with Crippen LogP contribution in [0.4, 0.5) is 22.7 Å². The first-order chi connectivity index (χ1) is 23.0. The van der Waals surface area contributed by atoms with Crippen LogP contribution in [0.1, 0.15) is 25.0 Å². The van der Waals surface area contributed by atoms with Crippen LogP contribution in [-0.4, -0.2) is 0 Å². The molecule has 7 aromatic rings. The summed E-state index contributed by atoms with van der Waals surface area (Å²) in [7, 11) is 0. The van der Waals surface area contributed by atoms with E-state index in [-0.39, 0.29) is 5.41 Å². The van der Waals surface area contributed by atoms with Gasteiger partial charge in [0.1, 0.15) is 0 Å². The lowest BCUT2D eigenvalue weighted by molar-refractivity contribution is 0.661. The van der Waals surface area contributed by atoms with E-state index in [0.717, 1.165) is 22.7 Å². The van der Waals surface area contributed by atoms with Gasteiger partial charge in [-0.2, -0.15) is 0 Å². The number of nitrogens with one attached hydrogen (secondary N) is 2. The van der Waals surface area contributed by atoms with E-state index < -0.39 is 0 Å². The third kappa shape index (κ3) is 5.60. The highest BCUT2D eigenvalue weighted by Crippen LogP contribution is 2.50. The van der Waals surface area contributed by atoms with Crippen molar-refractivity contribution in [3.8, 4) is 44.5 Å². The van der Waals surface area contributed by atoms with Gasteiger partial charge in [0.05, 0.1) is 0 Å². The van der Waals surface area contributed by atoms with E-state index in [1.165, 1.54) is 55.6 Å². The Kier molecular flexibility index (Phi) is 7.19. The summed E-state index contributed by atoms with van der Waals surface area (Å²) in [5, 5.41) is 7.30. The van der Waals surface area contributed by atoms with Crippen molar-refractivity contribution >= 4 is 22.7 Å². The summed E-state index contributed by atoms with van der Waals surface area (Å²) >= 11 is 0. The lowest BCUT2D eigenvalue weighted by Gasteiger charge is -2.23. The Balaban J connectivity index is 0.990. The summed E-state index contributed by atoms with van der Waals surface area (Å²) in [5.74, 6) is 0. The topological polar surface area (TPSA) is 24.1 Å². The molecule has 226 valence electrons. The average molecular weight is 605 g/mol. The molecule has 1 aliphatic rings. The molecule has 1 aliphatic carbocycles. The Hall–Kier alpha value is -5.86. The van der Waals surface area contributed by atoms with Crippen molar-refractivity contribution in [2.75, 3.05) is 10.6 Å². The van der Waals surface area contributed by atoms with Gasteiger partial charge in [-0.25, -0.2) is 0 Å². The standard InChI is InChI=1S/C45H36N2/c1-45(2)43-29-39(46-37-20-16-33(17-21-37)31-10-5-3-6-11-31)24-26-41(43)42-27-25-40(30-44(42)45)47-38-22-18-34(19-23-38)36-15-9-14-35(28-36)32-12-7-4-8-13-32/h3-30,46-47H,1-2H3. The van der Waals surface area contributed by atoms with Gasteiger partial charge < -0.3 is 10.6 Å². The van der Waals surface area contributed by atoms with Crippen LogP contribution in [0.2, 0.25) is 0 Å². The fourth-order valence-corrected chi connectivity index (χ4v) is 6.86. The van der Waals surface area contributed by atoms with Gasteiger partial charge in [-0.15, -0.1) is 0 Å². The van der Waals surface area contributed by atoms with Gasteiger partial charge in [0.15, 0.2) is 0 Å². The van der Waals surface area contributed by atoms with E-state index >= 15 is 0 Å². The molecule has 2 N–H and O–H groups in total. The number of hydrogen-bond donors (Lipinski definition) is 2. The molecule has 0 saturated heterocycles. The second-order valence-electron chi connectivity index (χ2n) is 12.9. The molecule has 8 rings (SSSR count). The smallest absolute Gasteiger partial charge is 0.0387 e. The van der Waals surface area contributed by atoms with Crippen molar-refractivity contribution in [1.82, 2.24) is 0 Å². The van der Waals surface area contributed by atoms with Crippen molar-refractivity contribution in [2.45, 2.75) is 19.3 Å². The molecule has 47 heavy (non-hydrogen) atoms. The number of benzene rings is 7. The second kappa shape index (κ2) is 11.8. The minimum absolute atomic E-state index is 0.120. The fourth-order valence-electron chi connectivity index (χ4n) is 6.86. The average Bonchev–Trinajstić information content (AvgIpc) is 3.35. The van der Waals surface area contributed by atoms with Gasteiger partial charge in [-0.05, 0) is 110 Å². The molecule has 0 aromatic heterocycles. The SMILES string of the molecule is CC1(C)c2cc(Nc3ccc(-c4ccccc4)cc3)ccc2-c2ccc(Nc3ccc(-c4cccc(-c5ccccc5)c4)cc3)cc21. The lowest BCUT2D eigenvalue weighted by Crippen LogP contribution is -2.15. The van der Waals surface area contributed by atoms with Crippen molar-refractivity contribution < 1.29 is 0 Å². The van der Waals surface area contributed by atoms with E-state index in [9.17, 15) is 0 Å². The number of fused-ring (bicyclic) bond motifs is 3. The van der Waals surface area contributed by atoms with Gasteiger partial charge in [-0.1, -0.05) is 129 Å². The molecule has 0 spiro atoms. The second-order valence-corrected chi connectivity index (χ2v) is 12.9. The van der Waals surface area contributed by atoms with Crippen molar-refractivity contribution in [3.05, 3.63) is 181 Å². The molecule has 7 aromatic carbocycles. The summed E-state index contributed by atoms with van der Waals surface area (Å²) < 4.78 is 0. The highest BCUT2D eigenvalue weighted by Gasteiger charge is 2.35. The number of hydrogen-bond acceptors (Lipinski definition) is 2. The molecule has 0 unspecified atom stereocenters. The number of rotatable bonds is 7. The third-order valence-electron chi connectivity index (χ3n) is 9.43. The van der Waals surface area contributed by atoms with E-state index in [2.05, 4.69) is 194 Å². The number of anilines is 4. The first kappa shape index (κ1) is 28.6. The minimum atomic E-state index is -0.120. The summed E-state index contributed by atoms with van der Waals surface area (Å²) in [5.41, 5.74) is 16.9. The molecular formula is C45H36N2. The first-order valence-electron chi connectivity index (χ1n) is 16.3. The van der Waals surface area contributed by atoms with Gasteiger partial charge in [0.2, 0.25) is 0 Å². The molecule has 0 saturated carbocycles. The summed E-state index contributed by atoms with van der Waals surface area (Å²) in [6.45, 7) is 4.66. The first-order valence-corrected chi connectivity index (χ1v) is 16.3. The Bertz CT molecular complexity index is 2180. The predicted molar refractivity (Wildman–Crippen MR) is 200 cm³/mol. The maximum Gasteiger partial charge on any atom is 0.0387 e. The molecule has 0 fully saturated rings. The Morgan fingerprint density at radius 2 is 0.681 bits per heavy atom.